The van der Waals surface area contributed by atoms with Crippen LogP contribution in [-0.2, 0) is 24.0 Å². The largest absolute Gasteiger partial charge is 0.379 e. The van der Waals surface area contributed by atoms with Gasteiger partial charge in [0.1, 0.15) is 0 Å². The predicted octanol–water partition coefficient (Wildman–Crippen LogP) is 3.81. The highest BCUT2D eigenvalue weighted by Crippen LogP contribution is 2.16. The van der Waals surface area contributed by atoms with Gasteiger partial charge < -0.3 is 19.5 Å². The zero-order valence-electron chi connectivity index (χ0n) is 20.5. The number of hydrogen-bond donors (Lipinski definition) is 1. The Balaban J connectivity index is 2.21. The smallest absolute Gasteiger partial charge is 0.251 e. The van der Waals surface area contributed by atoms with E-state index in [2.05, 4.69) is 25.4 Å². The summed E-state index contributed by atoms with van der Waals surface area (Å²) in [7, 11) is -3.48. The molecule has 1 amide bonds. The van der Waals surface area contributed by atoms with Crippen molar-refractivity contribution in [2.75, 3.05) is 65.0 Å². The van der Waals surface area contributed by atoms with Crippen LogP contribution in [0.5, 0.6) is 0 Å². The highest BCUT2D eigenvalue weighted by atomic mass is 32.2. The highest BCUT2D eigenvalue weighted by molar-refractivity contribution is 7.91. The summed E-state index contributed by atoms with van der Waals surface area (Å²) in [4.78, 5) is 17.8. The Bertz CT molecular complexity index is 963. The van der Waals surface area contributed by atoms with E-state index in [0.717, 1.165) is 25.7 Å². The molecule has 0 unspecified atom stereocenters. The van der Waals surface area contributed by atoms with E-state index < -0.39 is 9.84 Å². The highest BCUT2D eigenvalue weighted by Gasteiger charge is 2.16. The first kappa shape index (κ1) is 31.2. The molecule has 0 bridgehead atoms. The number of rotatable bonds is 22. The van der Waals surface area contributed by atoms with Gasteiger partial charge in [0.25, 0.3) is 5.91 Å². The third-order valence-electron chi connectivity index (χ3n) is 4.86. The first-order chi connectivity index (χ1) is 17.5. The van der Waals surface area contributed by atoms with E-state index in [1.807, 2.05) is 0 Å². The van der Waals surface area contributed by atoms with Gasteiger partial charge in [0.2, 0.25) is 0 Å². The molecule has 0 saturated heterocycles. The number of nitrogens with zero attached hydrogens (tertiary/aromatic N) is 6. The average molecular weight is 526 g/mol. The van der Waals surface area contributed by atoms with Gasteiger partial charge in [0, 0.05) is 35.0 Å². The zero-order valence-corrected chi connectivity index (χ0v) is 21.3. The Morgan fingerprint density at radius 3 is 2.17 bits per heavy atom. The molecule has 1 aromatic rings. The Labute approximate surface area is 211 Å². The molecule has 200 valence electrons. The molecule has 0 spiro atoms. The van der Waals surface area contributed by atoms with Gasteiger partial charge in [-0.1, -0.05) is 35.6 Å². The molecule has 1 rings (SSSR count). The second kappa shape index (κ2) is 20.3. The fourth-order valence-corrected chi connectivity index (χ4v) is 4.44. The maximum atomic E-state index is 12.6. The van der Waals surface area contributed by atoms with E-state index in [-0.39, 0.29) is 35.2 Å². The lowest BCUT2D eigenvalue weighted by molar-refractivity contribution is 0.0166. The number of amides is 1. The number of carbonyl (C=O) groups is 1. The number of sulfone groups is 1. The number of benzene rings is 1. The standard InChI is InChI=1S/C22H35N7O6S/c23-28-26-9-4-2-1-3-5-18-36(31,32)21-8-6-7-20(19-21)22(30)25-10-12-33-14-16-35-17-15-34-13-11-27-29-24/h6-8,19H,1-5,9-18H2,(H,25,30). The molecule has 0 fully saturated rings. The van der Waals surface area contributed by atoms with Crippen molar-refractivity contribution < 1.29 is 27.4 Å². The summed E-state index contributed by atoms with van der Waals surface area (Å²) in [6.45, 7) is 3.19. The minimum atomic E-state index is -3.48. The third-order valence-corrected chi connectivity index (χ3v) is 6.66. The van der Waals surface area contributed by atoms with E-state index in [1.165, 1.54) is 12.1 Å². The van der Waals surface area contributed by atoms with Crippen LogP contribution in [0.15, 0.2) is 39.4 Å². The van der Waals surface area contributed by atoms with Crippen LogP contribution in [-0.4, -0.2) is 79.4 Å². The van der Waals surface area contributed by atoms with Gasteiger partial charge in [-0.25, -0.2) is 8.42 Å². The molecule has 0 aliphatic carbocycles. The number of azide groups is 2. The van der Waals surface area contributed by atoms with Gasteiger partial charge in [-0.3, -0.25) is 4.79 Å². The van der Waals surface area contributed by atoms with E-state index in [9.17, 15) is 13.2 Å². The van der Waals surface area contributed by atoms with E-state index in [1.54, 1.807) is 12.1 Å². The van der Waals surface area contributed by atoms with E-state index in [0.29, 0.717) is 52.6 Å². The molecule has 0 atom stereocenters. The van der Waals surface area contributed by atoms with Crippen LogP contribution in [0, 0.1) is 0 Å². The summed E-state index contributed by atoms with van der Waals surface area (Å²) in [6.07, 6.45) is 3.87. The monoisotopic (exact) mass is 525 g/mol. The summed E-state index contributed by atoms with van der Waals surface area (Å²) >= 11 is 0. The van der Waals surface area contributed by atoms with Crippen LogP contribution in [0.3, 0.4) is 0 Å². The Hall–Kier alpha value is -2.86. The van der Waals surface area contributed by atoms with Crippen LogP contribution >= 0.6 is 0 Å². The maximum Gasteiger partial charge on any atom is 0.251 e. The summed E-state index contributed by atoms with van der Waals surface area (Å²) in [6, 6.07) is 6.03. The zero-order chi connectivity index (χ0) is 26.3. The first-order valence-electron chi connectivity index (χ1n) is 11.9. The number of unbranched alkanes of at least 4 members (excludes halogenated alkanes) is 4. The summed E-state index contributed by atoms with van der Waals surface area (Å²) in [5.41, 5.74) is 16.6. The fraction of sp³-hybridized carbons (Fsp3) is 0.682. The second-order valence-corrected chi connectivity index (χ2v) is 9.73. The quantitative estimate of drug-likeness (QED) is 0.104. The maximum absolute atomic E-state index is 12.6. The first-order valence-corrected chi connectivity index (χ1v) is 13.5. The van der Waals surface area contributed by atoms with E-state index >= 15 is 0 Å². The molecule has 36 heavy (non-hydrogen) atoms. The molecule has 14 heteroatoms. The molecule has 0 radical (unpaired) electrons. The van der Waals surface area contributed by atoms with Crippen LogP contribution in [0.4, 0.5) is 0 Å². The Morgan fingerprint density at radius 2 is 1.44 bits per heavy atom. The Kier molecular flexibility index (Phi) is 17.6. The molecule has 0 aliphatic rings. The molecule has 0 aromatic heterocycles. The number of nitrogens with one attached hydrogen (secondary N) is 1. The lowest BCUT2D eigenvalue weighted by atomic mass is 10.2. The SMILES string of the molecule is [N-]=[N+]=NCCCCCCCS(=O)(=O)c1cccc(C(=O)NCCOCCOCCOCCN=[N+]=[N-])c1. The van der Waals surface area contributed by atoms with Crippen molar-refractivity contribution in [3.8, 4) is 0 Å². The topological polar surface area (TPSA) is 188 Å². The van der Waals surface area contributed by atoms with E-state index in [4.69, 9.17) is 25.3 Å². The molecule has 13 nitrogen and oxygen atoms in total. The number of carbonyl (C=O) groups excluding carboxylic acids is 1. The minimum absolute atomic E-state index is 0.0200. The van der Waals surface area contributed by atoms with Gasteiger partial charge >= 0.3 is 0 Å². The van der Waals surface area contributed by atoms with Crippen molar-refractivity contribution in [2.45, 2.75) is 37.0 Å². The van der Waals surface area contributed by atoms with Crippen LogP contribution < -0.4 is 5.32 Å². The number of ether oxygens (including phenoxy) is 3. The van der Waals surface area contributed by atoms with Crippen molar-refractivity contribution in [1.29, 1.82) is 0 Å². The van der Waals surface area contributed by atoms with Crippen LogP contribution in [0.1, 0.15) is 42.5 Å². The van der Waals surface area contributed by atoms with Crippen LogP contribution in [0.2, 0.25) is 0 Å². The van der Waals surface area contributed by atoms with Crippen molar-refractivity contribution in [1.82, 2.24) is 5.32 Å². The van der Waals surface area contributed by atoms with Crippen molar-refractivity contribution in [3.63, 3.8) is 0 Å². The number of hydrogen-bond acceptors (Lipinski definition) is 8. The normalized spacial score (nSPS) is 10.9. The second-order valence-electron chi connectivity index (χ2n) is 7.62. The van der Waals surface area contributed by atoms with Crippen molar-refractivity contribution in [2.24, 2.45) is 10.2 Å². The predicted molar refractivity (Wildman–Crippen MR) is 134 cm³/mol. The lowest BCUT2D eigenvalue weighted by Crippen LogP contribution is -2.27. The van der Waals surface area contributed by atoms with Crippen LogP contribution in [0.25, 0.3) is 20.9 Å². The van der Waals surface area contributed by atoms with Crippen molar-refractivity contribution >= 4 is 15.7 Å². The Morgan fingerprint density at radius 1 is 0.833 bits per heavy atom. The van der Waals surface area contributed by atoms with Gasteiger partial charge in [-0.05, 0) is 42.1 Å². The molecule has 0 heterocycles. The van der Waals surface area contributed by atoms with Gasteiger partial charge in [-0.2, -0.15) is 0 Å². The minimum Gasteiger partial charge on any atom is -0.379 e. The molecular weight excluding hydrogens is 490 g/mol. The third kappa shape index (κ3) is 15.2. The molecule has 1 aromatic carbocycles. The van der Waals surface area contributed by atoms with Gasteiger partial charge in [0.05, 0.1) is 50.3 Å². The van der Waals surface area contributed by atoms with Crippen molar-refractivity contribution in [3.05, 3.63) is 50.7 Å². The molecule has 1 N–H and O–H groups in total. The lowest BCUT2D eigenvalue weighted by Gasteiger charge is -2.09. The molecule has 0 aliphatic heterocycles. The average Bonchev–Trinajstić information content (AvgIpc) is 2.88. The summed E-state index contributed by atoms with van der Waals surface area (Å²) in [5, 5.41) is 9.53. The van der Waals surface area contributed by atoms with Gasteiger partial charge in [0.15, 0.2) is 9.84 Å². The summed E-state index contributed by atoms with van der Waals surface area (Å²) < 4.78 is 41.2. The fourth-order valence-electron chi connectivity index (χ4n) is 3.03. The molecule has 0 saturated carbocycles. The summed E-state index contributed by atoms with van der Waals surface area (Å²) in [5.74, 6) is -0.351. The van der Waals surface area contributed by atoms with Gasteiger partial charge in [-0.15, -0.1) is 0 Å². The molecular formula is C22H35N7O6S.